The summed E-state index contributed by atoms with van der Waals surface area (Å²) in [4.78, 5) is 28.0. The van der Waals surface area contributed by atoms with Crippen LogP contribution in [0.2, 0.25) is 10.0 Å². The van der Waals surface area contributed by atoms with E-state index in [9.17, 15) is 9.59 Å². The van der Waals surface area contributed by atoms with Crippen LogP contribution in [-0.2, 0) is 9.59 Å². The Morgan fingerprint density at radius 1 is 1.29 bits per heavy atom. The van der Waals surface area contributed by atoms with Crippen molar-refractivity contribution in [2.24, 2.45) is 0 Å². The highest BCUT2D eigenvalue weighted by molar-refractivity contribution is 6.42. The molecule has 0 unspecified atom stereocenters. The van der Waals surface area contributed by atoms with E-state index in [1.54, 1.807) is 25.2 Å². The van der Waals surface area contributed by atoms with E-state index in [2.05, 4.69) is 17.1 Å². The molecule has 0 saturated carbocycles. The third-order valence-corrected chi connectivity index (χ3v) is 5.03. The molecular weight excluding hydrogens is 349 g/mol. The van der Waals surface area contributed by atoms with Gasteiger partial charge in [0.1, 0.15) is 0 Å². The minimum atomic E-state index is -0.268. The highest BCUT2D eigenvalue weighted by Gasteiger charge is 2.22. The smallest absolute Gasteiger partial charge is 0.243 e. The number of hydrogen-bond acceptors (Lipinski definition) is 3. The van der Waals surface area contributed by atoms with Crippen molar-refractivity contribution in [2.45, 2.75) is 32.2 Å². The van der Waals surface area contributed by atoms with Crippen LogP contribution < -0.4 is 5.32 Å². The molecule has 7 heteroatoms. The molecule has 1 N–H and O–H groups in total. The number of likely N-dealkylation sites (N-methyl/N-ethyl adjacent to an activating group) is 1. The second-order valence-electron chi connectivity index (χ2n) is 6.24. The average molecular weight is 372 g/mol. The molecule has 132 valence electrons. The number of hydrogen-bond donors (Lipinski definition) is 1. The first kappa shape index (κ1) is 19.0. The van der Waals surface area contributed by atoms with E-state index in [0.717, 1.165) is 19.4 Å². The van der Waals surface area contributed by atoms with Gasteiger partial charge in [0.2, 0.25) is 11.8 Å². The maximum absolute atomic E-state index is 12.3. The van der Waals surface area contributed by atoms with Crippen LogP contribution in [0.25, 0.3) is 0 Å². The zero-order valence-corrected chi connectivity index (χ0v) is 15.5. The lowest BCUT2D eigenvalue weighted by Gasteiger charge is -2.33. The molecule has 1 heterocycles. The number of halogens is 2. The van der Waals surface area contributed by atoms with Crippen molar-refractivity contribution in [3.8, 4) is 0 Å². The topological polar surface area (TPSA) is 52.7 Å². The molecule has 1 aliphatic heterocycles. The minimum Gasteiger partial charge on any atom is -0.335 e. The lowest BCUT2D eigenvalue weighted by molar-refractivity contribution is -0.135. The molecule has 0 bridgehead atoms. The van der Waals surface area contributed by atoms with Crippen LogP contribution in [0.5, 0.6) is 0 Å². The fourth-order valence-electron chi connectivity index (χ4n) is 2.76. The predicted octanol–water partition coefficient (Wildman–Crippen LogP) is 3.26. The van der Waals surface area contributed by atoms with E-state index in [1.165, 1.54) is 11.3 Å². The quantitative estimate of drug-likeness (QED) is 0.863. The number of nitrogens with one attached hydrogen (secondary N) is 1. The molecule has 5 nitrogen and oxygen atoms in total. The number of piperidine rings is 1. The van der Waals surface area contributed by atoms with Crippen LogP contribution in [-0.4, -0.2) is 54.3 Å². The molecule has 0 aromatic heterocycles. The average Bonchev–Trinajstić information content (AvgIpc) is 2.53. The van der Waals surface area contributed by atoms with Crippen LogP contribution >= 0.6 is 23.2 Å². The van der Waals surface area contributed by atoms with Gasteiger partial charge in [0.15, 0.2) is 0 Å². The molecule has 1 saturated heterocycles. The molecule has 1 aromatic carbocycles. The van der Waals surface area contributed by atoms with Crippen LogP contribution in [0, 0.1) is 0 Å². The Balaban J connectivity index is 1.83. The minimum absolute atomic E-state index is 0.00129. The molecule has 2 amide bonds. The summed E-state index contributed by atoms with van der Waals surface area (Å²) in [6, 6.07) is 5.29. The Kier molecular flexibility index (Phi) is 6.90. The summed E-state index contributed by atoms with van der Waals surface area (Å²) in [7, 11) is 1.64. The molecular formula is C17H23Cl2N3O2. The summed E-state index contributed by atoms with van der Waals surface area (Å²) in [5.74, 6) is -0.316. The monoisotopic (exact) mass is 371 g/mol. The van der Waals surface area contributed by atoms with E-state index in [0.29, 0.717) is 28.3 Å². The molecule has 0 radical (unpaired) electrons. The van der Waals surface area contributed by atoms with Crippen LogP contribution in [0.15, 0.2) is 18.2 Å². The number of anilines is 1. The summed E-state index contributed by atoms with van der Waals surface area (Å²) in [6.07, 6.45) is 3.46. The number of carbonyl (C=O) groups excluding carboxylic acids is 2. The highest BCUT2D eigenvalue weighted by Crippen LogP contribution is 2.25. The van der Waals surface area contributed by atoms with Crippen LogP contribution in [0.1, 0.15) is 26.2 Å². The Hall–Kier alpha value is -1.30. The van der Waals surface area contributed by atoms with Gasteiger partial charge >= 0.3 is 0 Å². The zero-order chi connectivity index (χ0) is 17.7. The van der Waals surface area contributed by atoms with Gasteiger partial charge in [0.05, 0.1) is 23.1 Å². The Morgan fingerprint density at radius 2 is 2.04 bits per heavy atom. The van der Waals surface area contributed by atoms with Crippen molar-refractivity contribution in [1.29, 1.82) is 0 Å². The molecule has 24 heavy (non-hydrogen) atoms. The van der Waals surface area contributed by atoms with Gasteiger partial charge in [-0.25, -0.2) is 0 Å². The summed E-state index contributed by atoms with van der Waals surface area (Å²) in [6.45, 7) is 3.44. The molecule has 2 rings (SSSR count). The third kappa shape index (κ3) is 5.36. The van der Waals surface area contributed by atoms with Gasteiger partial charge in [0.25, 0.3) is 0 Å². The van der Waals surface area contributed by atoms with Gasteiger partial charge in [-0.05, 0) is 44.5 Å². The molecule has 0 aliphatic carbocycles. The number of rotatable bonds is 5. The summed E-state index contributed by atoms with van der Waals surface area (Å²) in [5.41, 5.74) is 0.555. The van der Waals surface area contributed by atoms with Gasteiger partial charge in [-0.3, -0.25) is 14.5 Å². The maximum atomic E-state index is 12.3. The highest BCUT2D eigenvalue weighted by atomic mass is 35.5. The molecule has 1 atom stereocenters. The first-order chi connectivity index (χ1) is 11.4. The van der Waals surface area contributed by atoms with Crippen molar-refractivity contribution >= 4 is 40.7 Å². The van der Waals surface area contributed by atoms with Gasteiger partial charge < -0.3 is 10.2 Å². The van der Waals surface area contributed by atoms with Gasteiger partial charge in [-0.15, -0.1) is 0 Å². The molecule has 0 spiro atoms. The Morgan fingerprint density at radius 3 is 2.71 bits per heavy atom. The maximum Gasteiger partial charge on any atom is 0.243 e. The SMILES string of the molecule is C[C@@H]1CCCCN1CC(=O)N(C)CC(=O)Nc1ccc(Cl)c(Cl)c1. The van der Waals surface area contributed by atoms with Crippen molar-refractivity contribution in [3.63, 3.8) is 0 Å². The number of amides is 2. The van der Waals surface area contributed by atoms with Crippen molar-refractivity contribution in [2.75, 3.05) is 32.0 Å². The predicted molar refractivity (Wildman–Crippen MR) is 97.6 cm³/mol. The van der Waals surface area contributed by atoms with Crippen molar-refractivity contribution in [3.05, 3.63) is 28.2 Å². The van der Waals surface area contributed by atoms with E-state index < -0.39 is 0 Å². The van der Waals surface area contributed by atoms with Crippen molar-refractivity contribution in [1.82, 2.24) is 9.80 Å². The van der Waals surface area contributed by atoms with E-state index in [1.807, 2.05) is 0 Å². The largest absolute Gasteiger partial charge is 0.335 e. The number of carbonyl (C=O) groups is 2. The zero-order valence-electron chi connectivity index (χ0n) is 14.0. The Labute approximate surface area is 152 Å². The van der Waals surface area contributed by atoms with E-state index in [4.69, 9.17) is 23.2 Å². The third-order valence-electron chi connectivity index (χ3n) is 4.29. The lowest BCUT2D eigenvalue weighted by Crippen LogP contribution is -2.46. The second kappa shape index (κ2) is 8.70. The Bertz CT molecular complexity index is 609. The molecule has 1 aromatic rings. The normalized spacial score (nSPS) is 18.2. The number of nitrogens with zero attached hydrogens (tertiary/aromatic N) is 2. The number of benzene rings is 1. The number of likely N-dealkylation sites (tertiary alicyclic amines) is 1. The summed E-state index contributed by atoms with van der Waals surface area (Å²) in [5, 5.41) is 3.52. The molecule has 1 aliphatic rings. The first-order valence-electron chi connectivity index (χ1n) is 8.09. The first-order valence-corrected chi connectivity index (χ1v) is 8.85. The van der Waals surface area contributed by atoms with Gasteiger partial charge in [-0.2, -0.15) is 0 Å². The van der Waals surface area contributed by atoms with Crippen LogP contribution in [0.3, 0.4) is 0 Å². The lowest BCUT2D eigenvalue weighted by atomic mass is 10.0. The van der Waals surface area contributed by atoms with Gasteiger partial charge in [-0.1, -0.05) is 29.6 Å². The van der Waals surface area contributed by atoms with Crippen molar-refractivity contribution < 1.29 is 9.59 Å². The summed E-state index contributed by atoms with van der Waals surface area (Å²) >= 11 is 11.8. The molecule has 1 fully saturated rings. The van der Waals surface area contributed by atoms with E-state index in [-0.39, 0.29) is 18.4 Å². The van der Waals surface area contributed by atoms with Crippen LogP contribution in [0.4, 0.5) is 5.69 Å². The van der Waals surface area contributed by atoms with E-state index >= 15 is 0 Å². The van der Waals surface area contributed by atoms with Gasteiger partial charge in [0, 0.05) is 18.8 Å². The fraction of sp³-hybridized carbons (Fsp3) is 0.529. The standard InChI is InChI=1S/C17H23Cl2N3O2/c1-12-5-3-4-8-22(12)11-17(24)21(2)10-16(23)20-13-6-7-14(18)15(19)9-13/h6-7,9,12H,3-5,8,10-11H2,1-2H3,(H,20,23)/t12-/m1/s1. The second-order valence-corrected chi connectivity index (χ2v) is 7.06. The summed E-state index contributed by atoms with van der Waals surface area (Å²) < 4.78 is 0. The fourth-order valence-corrected chi connectivity index (χ4v) is 3.06.